The third kappa shape index (κ3) is 30.0. The third-order valence-corrected chi connectivity index (χ3v) is 11.9. The van der Waals surface area contributed by atoms with E-state index in [1.165, 1.54) is 13.8 Å². The molecule has 0 bridgehead atoms. The average molecular weight is 1190 g/mol. The molecule has 0 saturated heterocycles. The van der Waals surface area contributed by atoms with Gasteiger partial charge in [-0.2, -0.15) is 0 Å². The van der Waals surface area contributed by atoms with Gasteiger partial charge in [-0.3, -0.25) is 67.1 Å². The fourth-order valence-electron chi connectivity index (χ4n) is 7.57. The van der Waals surface area contributed by atoms with Crippen LogP contribution in [0.5, 0.6) is 0 Å². The zero-order chi connectivity index (χ0) is 64.0. The fraction of sp³-hybridized carbons (Fsp3) is 0.694. The molecule has 11 atom stereocenters. The Hall–Kier alpha value is -8.11. The van der Waals surface area contributed by atoms with E-state index in [1.54, 1.807) is 27.7 Å². The van der Waals surface area contributed by atoms with Crippen molar-refractivity contribution in [1.29, 1.82) is 0 Å². The summed E-state index contributed by atoms with van der Waals surface area (Å²) in [5, 5.41) is 71.3. The van der Waals surface area contributed by atoms with Crippen LogP contribution in [0, 0.1) is 17.8 Å². The number of rotatable bonds is 41. The highest BCUT2D eigenvalue weighted by Gasteiger charge is 2.37. The second-order valence-corrected chi connectivity index (χ2v) is 20.7. The van der Waals surface area contributed by atoms with E-state index in [0.717, 1.165) is 6.92 Å². The topological polar surface area (TPSA) is 582 Å². The van der Waals surface area contributed by atoms with Crippen molar-refractivity contribution in [3.63, 3.8) is 0 Å². The number of primary amides is 2. The van der Waals surface area contributed by atoms with Crippen molar-refractivity contribution in [2.75, 3.05) is 19.7 Å². The monoisotopic (exact) mass is 1190 g/mol. The predicted octanol–water partition coefficient (Wildman–Crippen LogP) is -7.78. The van der Waals surface area contributed by atoms with Crippen LogP contribution in [0.25, 0.3) is 0 Å². The van der Waals surface area contributed by atoms with E-state index in [-0.39, 0.29) is 56.9 Å². The number of carbonyl (C=O) groups is 15. The summed E-state index contributed by atoms with van der Waals surface area (Å²) < 4.78 is 0. The molecule has 0 heterocycles. The Bertz CT molecular complexity index is 2300. The summed E-state index contributed by atoms with van der Waals surface area (Å²) in [6.07, 6.45) is -5.21. The predicted molar refractivity (Wildman–Crippen MR) is 288 cm³/mol. The molecule has 470 valence electrons. The van der Waals surface area contributed by atoms with E-state index in [9.17, 15) is 92.3 Å². The Labute approximate surface area is 478 Å². The molecule has 0 unspecified atom stereocenters. The lowest BCUT2D eigenvalue weighted by atomic mass is 9.99. The van der Waals surface area contributed by atoms with Gasteiger partial charge in [-0.25, -0.2) is 4.79 Å². The first-order chi connectivity index (χ1) is 38.5. The molecule has 12 amide bonds. The molecule has 0 aromatic carbocycles. The molecule has 0 fully saturated rings. The summed E-state index contributed by atoms with van der Waals surface area (Å²) >= 11 is 0. The number of nitrogens with two attached hydrogens (primary N) is 4. The number of carboxylic acids is 3. The fourth-order valence-corrected chi connectivity index (χ4v) is 7.57. The van der Waals surface area contributed by atoms with Crippen LogP contribution in [0.15, 0.2) is 0 Å². The second kappa shape index (κ2) is 37.8. The first-order valence-corrected chi connectivity index (χ1v) is 26.5. The van der Waals surface area contributed by atoms with Crippen LogP contribution in [0.2, 0.25) is 0 Å². The van der Waals surface area contributed by atoms with Crippen molar-refractivity contribution in [2.45, 2.75) is 179 Å². The molecule has 0 aliphatic heterocycles. The van der Waals surface area contributed by atoms with Crippen molar-refractivity contribution in [3.8, 4) is 0 Å². The molecular formula is C49H84N14O20. The summed E-state index contributed by atoms with van der Waals surface area (Å²) in [7, 11) is 0. The number of unbranched alkanes of at least 4 members (excludes halogenated alkanes) is 1. The van der Waals surface area contributed by atoms with Gasteiger partial charge in [-0.15, -0.1) is 0 Å². The van der Waals surface area contributed by atoms with E-state index >= 15 is 0 Å². The van der Waals surface area contributed by atoms with Gasteiger partial charge in [0.15, 0.2) is 0 Å². The van der Waals surface area contributed by atoms with Gasteiger partial charge in [0.2, 0.25) is 70.9 Å². The van der Waals surface area contributed by atoms with Crippen LogP contribution in [-0.2, 0) is 71.9 Å². The van der Waals surface area contributed by atoms with Crippen molar-refractivity contribution < 1.29 is 97.5 Å². The van der Waals surface area contributed by atoms with Crippen LogP contribution in [0.4, 0.5) is 0 Å². The van der Waals surface area contributed by atoms with Crippen molar-refractivity contribution >= 4 is 88.8 Å². The summed E-state index contributed by atoms with van der Waals surface area (Å²) in [6, 6.07) is -16.6. The highest BCUT2D eigenvalue weighted by Crippen LogP contribution is 2.12. The van der Waals surface area contributed by atoms with E-state index < -0.39 is 200 Å². The van der Waals surface area contributed by atoms with E-state index in [4.69, 9.17) is 28.0 Å². The number of carbonyl (C=O) groups excluding carboxylic acids is 12. The van der Waals surface area contributed by atoms with Gasteiger partial charge in [-0.05, 0) is 69.7 Å². The molecule has 0 aliphatic rings. The maximum atomic E-state index is 14.0. The SMILES string of the molecule is CC(C)C[C@H](NC(=O)[C@@H](NC(=O)CNC(=O)[C@H](CO)NC(=O)[C@H](CC(=O)O)NC(=O)[C@H](CCCCN)NC(=O)[C@H](CC(C)C)NC(=O)[C@@H](NC(=O)[C@H](CC(N)=O)NC(=O)[C@@H](N)CCC(=O)O)[C@@H](C)O)C(C)C)C(=O)N[C@@H](CC(N)=O)C(=O)O. The highest BCUT2D eigenvalue weighted by atomic mass is 16.4. The largest absolute Gasteiger partial charge is 0.481 e. The van der Waals surface area contributed by atoms with Gasteiger partial charge in [0.1, 0.15) is 54.4 Å². The molecule has 0 spiro atoms. The van der Waals surface area contributed by atoms with Crippen LogP contribution in [0.1, 0.15) is 113 Å². The Balaban J connectivity index is 6.38. The molecule has 0 aromatic rings. The molecule has 0 rings (SSSR count). The minimum absolute atomic E-state index is 0.0131. The van der Waals surface area contributed by atoms with Crippen molar-refractivity contribution in [2.24, 2.45) is 40.7 Å². The van der Waals surface area contributed by atoms with Crippen LogP contribution in [0.3, 0.4) is 0 Å². The van der Waals surface area contributed by atoms with Gasteiger partial charge < -0.3 is 102 Å². The van der Waals surface area contributed by atoms with Gasteiger partial charge in [0, 0.05) is 6.42 Å². The van der Waals surface area contributed by atoms with E-state index in [0.29, 0.717) is 0 Å². The van der Waals surface area contributed by atoms with E-state index in [1.807, 2.05) is 0 Å². The lowest BCUT2D eigenvalue weighted by Gasteiger charge is -2.29. The minimum atomic E-state index is -2.01. The molecule has 0 radical (unpaired) electrons. The maximum absolute atomic E-state index is 14.0. The first kappa shape index (κ1) is 74.9. The second-order valence-electron chi connectivity index (χ2n) is 20.7. The Morgan fingerprint density at radius 1 is 0.446 bits per heavy atom. The summed E-state index contributed by atoms with van der Waals surface area (Å²) in [6.45, 7) is 8.89. The van der Waals surface area contributed by atoms with Crippen molar-refractivity contribution in [3.05, 3.63) is 0 Å². The molecule has 0 aliphatic carbocycles. The van der Waals surface area contributed by atoms with Crippen molar-refractivity contribution in [1.82, 2.24) is 53.2 Å². The van der Waals surface area contributed by atoms with E-state index in [2.05, 4.69) is 53.2 Å². The molecule has 0 aromatic heterocycles. The van der Waals surface area contributed by atoms with Gasteiger partial charge in [-0.1, -0.05) is 41.5 Å². The number of hydrogen-bond donors (Lipinski definition) is 19. The average Bonchev–Trinajstić information content (AvgIpc) is 3.37. The number of nitrogens with one attached hydrogen (secondary N) is 10. The number of hydrogen-bond acceptors (Lipinski definition) is 19. The molecule has 23 N–H and O–H groups in total. The van der Waals surface area contributed by atoms with Crippen LogP contribution < -0.4 is 76.1 Å². The zero-order valence-corrected chi connectivity index (χ0v) is 47.4. The molecule has 34 heteroatoms. The number of amides is 12. The molecule has 34 nitrogen and oxygen atoms in total. The number of aliphatic hydroxyl groups excluding tert-OH is 2. The lowest BCUT2D eigenvalue weighted by molar-refractivity contribution is -0.144. The Morgan fingerprint density at radius 2 is 0.867 bits per heavy atom. The van der Waals surface area contributed by atoms with Gasteiger partial charge in [0.25, 0.3) is 0 Å². The number of aliphatic hydroxyl groups is 2. The summed E-state index contributed by atoms with van der Waals surface area (Å²) in [5.74, 6) is -19.0. The zero-order valence-electron chi connectivity index (χ0n) is 47.4. The van der Waals surface area contributed by atoms with Crippen LogP contribution >= 0.6 is 0 Å². The Kier molecular flexibility index (Phi) is 34.1. The minimum Gasteiger partial charge on any atom is -0.481 e. The third-order valence-electron chi connectivity index (χ3n) is 11.9. The Morgan fingerprint density at radius 3 is 1.31 bits per heavy atom. The number of carboxylic acid groups (broad SMARTS) is 3. The standard InChI is InChI=1S/C49H84N14O20/c1-21(2)14-27(59-48(81)39(24(7)65)63-46(79)29(16-33(52)66)56-40(73)25(51)11-12-36(69)70)43(76)55-26(10-8-9-13-50)42(75)57-30(18-37(71)72)45(78)61-32(20-64)41(74)54-19-35(68)62-38(23(5)6)47(80)58-28(15-22(3)4)44(77)60-31(49(82)83)17-34(53)67/h21-32,38-39,64-65H,8-20,50-51H2,1-7H3,(H2,52,66)(H2,53,67)(H,54,74)(H,55,76)(H,56,73)(H,57,75)(H,58,80)(H,59,81)(H,60,77)(H,61,78)(H,62,68)(H,63,79)(H,69,70)(H,71,72)(H,82,83)/t24-,25+,26+,27+,28+,29+,30+,31+,32+,38+,39+/m1/s1. The van der Waals surface area contributed by atoms with Crippen LogP contribution in [-0.4, -0.2) is 201 Å². The lowest BCUT2D eigenvalue weighted by Crippen LogP contribution is -2.62. The maximum Gasteiger partial charge on any atom is 0.326 e. The van der Waals surface area contributed by atoms with Gasteiger partial charge >= 0.3 is 17.9 Å². The molecule has 83 heavy (non-hydrogen) atoms. The number of aliphatic carboxylic acids is 3. The normalized spacial score (nSPS) is 15.1. The smallest absolute Gasteiger partial charge is 0.326 e. The van der Waals surface area contributed by atoms with Gasteiger partial charge in [0.05, 0.1) is 44.6 Å². The highest BCUT2D eigenvalue weighted by molar-refractivity contribution is 6.00. The first-order valence-electron chi connectivity index (χ1n) is 26.5. The summed E-state index contributed by atoms with van der Waals surface area (Å²) in [5.41, 5.74) is 21.7. The summed E-state index contributed by atoms with van der Waals surface area (Å²) in [4.78, 5) is 192. The molecular weight excluding hydrogens is 1100 g/mol. The molecule has 0 saturated carbocycles. The quantitative estimate of drug-likeness (QED) is 0.0253.